The highest BCUT2D eigenvalue weighted by Crippen LogP contribution is 2.15. The van der Waals surface area contributed by atoms with Crippen molar-refractivity contribution in [2.75, 3.05) is 7.11 Å². The van der Waals surface area contributed by atoms with E-state index in [0.717, 1.165) is 6.54 Å². The Bertz CT molecular complexity index is 533. The Morgan fingerprint density at radius 1 is 1.00 bits per heavy atom. The zero-order chi connectivity index (χ0) is 14.4. The van der Waals surface area contributed by atoms with Gasteiger partial charge in [-0.2, -0.15) is 0 Å². The first-order valence-electron chi connectivity index (χ1n) is 7.06. The Morgan fingerprint density at radius 2 is 1.65 bits per heavy atom. The Hall–Kier alpha value is -1.64. The lowest BCUT2D eigenvalue weighted by atomic mass is 10.0. The van der Waals surface area contributed by atoms with Crippen LogP contribution in [0.25, 0.3) is 0 Å². The van der Waals surface area contributed by atoms with Gasteiger partial charge in [-0.3, -0.25) is 0 Å². The molecular weight excluding hydrogens is 246 g/mol. The van der Waals surface area contributed by atoms with Gasteiger partial charge in [0.1, 0.15) is 0 Å². The molecule has 1 atom stereocenters. The molecule has 0 heterocycles. The average Bonchev–Trinajstić information content (AvgIpc) is 2.47. The second-order valence-corrected chi connectivity index (χ2v) is 5.21. The molecule has 0 radical (unpaired) electrons. The lowest BCUT2D eigenvalue weighted by molar-refractivity contribution is 0.184. The lowest BCUT2D eigenvalue weighted by Gasteiger charge is -2.16. The van der Waals surface area contributed by atoms with Gasteiger partial charge >= 0.3 is 0 Å². The summed E-state index contributed by atoms with van der Waals surface area (Å²) >= 11 is 0. The fraction of sp³-hybridized carbons (Fsp3) is 0.333. The van der Waals surface area contributed by atoms with Gasteiger partial charge in [-0.1, -0.05) is 54.1 Å². The topological polar surface area (TPSA) is 21.3 Å². The predicted molar refractivity (Wildman–Crippen MR) is 83.6 cm³/mol. The molecule has 2 rings (SSSR count). The molecule has 0 aliphatic rings. The van der Waals surface area contributed by atoms with Gasteiger partial charge < -0.3 is 10.1 Å². The molecule has 0 saturated carbocycles. The van der Waals surface area contributed by atoms with E-state index in [2.05, 4.69) is 67.7 Å². The van der Waals surface area contributed by atoms with Crippen LogP contribution in [0.15, 0.2) is 48.5 Å². The smallest absolute Gasteiger partial charge is 0.0716 e. The maximum Gasteiger partial charge on any atom is 0.0716 e. The molecule has 0 bridgehead atoms. The van der Waals surface area contributed by atoms with Crippen molar-refractivity contribution in [1.82, 2.24) is 5.32 Å². The summed E-state index contributed by atoms with van der Waals surface area (Å²) in [6.45, 7) is 5.83. The van der Waals surface area contributed by atoms with Crippen molar-refractivity contribution in [1.29, 1.82) is 0 Å². The molecule has 106 valence electrons. The van der Waals surface area contributed by atoms with Crippen LogP contribution in [-0.2, 0) is 17.9 Å². The lowest BCUT2D eigenvalue weighted by Crippen LogP contribution is -2.19. The summed E-state index contributed by atoms with van der Waals surface area (Å²) in [7, 11) is 1.74. The van der Waals surface area contributed by atoms with Gasteiger partial charge in [0, 0.05) is 19.7 Å². The van der Waals surface area contributed by atoms with Crippen molar-refractivity contribution in [3.05, 3.63) is 70.8 Å². The van der Waals surface area contributed by atoms with E-state index < -0.39 is 0 Å². The van der Waals surface area contributed by atoms with E-state index in [-0.39, 0.29) is 0 Å². The molecular formula is C18H23NO. The van der Waals surface area contributed by atoms with Crippen LogP contribution in [0.3, 0.4) is 0 Å². The number of nitrogens with one attached hydrogen (secondary N) is 1. The van der Waals surface area contributed by atoms with Gasteiger partial charge in [-0.15, -0.1) is 0 Å². The summed E-state index contributed by atoms with van der Waals surface area (Å²) in [4.78, 5) is 0. The molecule has 0 aliphatic heterocycles. The Balaban J connectivity index is 1.99. The molecule has 2 heteroatoms. The average molecular weight is 269 g/mol. The number of methoxy groups -OCH3 is 1. The molecule has 2 aromatic rings. The van der Waals surface area contributed by atoms with Crippen molar-refractivity contribution < 1.29 is 4.74 Å². The summed E-state index contributed by atoms with van der Waals surface area (Å²) in [5.41, 5.74) is 5.16. The molecule has 20 heavy (non-hydrogen) atoms. The highest BCUT2D eigenvalue weighted by atomic mass is 16.5. The van der Waals surface area contributed by atoms with Crippen molar-refractivity contribution in [3.63, 3.8) is 0 Å². The number of benzene rings is 2. The first-order chi connectivity index (χ1) is 9.70. The van der Waals surface area contributed by atoms with E-state index >= 15 is 0 Å². The third-order valence-electron chi connectivity index (χ3n) is 3.59. The molecule has 0 fully saturated rings. The Labute approximate surface area is 121 Å². The number of hydrogen-bond donors (Lipinski definition) is 1. The van der Waals surface area contributed by atoms with Crippen LogP contribution in [-0.4, -0.2) is 7.11 Å². The third kappa shape index (κ3) is 3.92. The van der Waals surface area contributed by atoms with E-state index in [9.17, 15) is 0 Å². The molecule has 1 N–H and O–H groups in total. The molecule has 2 aromatic carbocycles. The minimum absolute atomic E-state index is 0.339. The summed E-state index contributed by atoms with van der Waals surface area (Å²) in [6, 6.07) is 17.4. The van der Waals surface area contributed by atoms with Crippen molar-refractivity contribution in [3.8, 4) is 0 Å². The number of rotatable bonds is 6. The predicted octanol–water partition coefficient (Wildman–Crippen LogP) is 3.99. The molecule has 0 aromatic heterocycles. The second-order valence-electron chi connectivity index (χ2n) is 5.21. The van der Waals surface area contributed by atoms with Crippen LogP contribution in [0.4, 0.5) is 0 Å². The summed E-state index contributed by atoms with van der Waals surface area (Å²) in [5.74, 6) is 0. The molecule has 2 nitrogen and oxygen atoms in total. The largest absolute Gasteiger partial charge is 0.380 e. The first kappa shape index (κ1) is 14.8. The molecule has 0 spiro atoms. The van der Waals surface area contributed by atoms with Gasteiger partial charge in [-0.25, -0.2) is 0 Å². The Morgan fingerprint density at radius 3 is 2.30 bits per heavy atom. The molecule has 0 aliphatic carbocycles. The maximum absolute atomic E-state index is 5.25. The van der Waals surface area contributed by atoms with Crippen LogP contribution < -0.4 is 5.32 Å². The summed E-state index contributed by atoms with van der Waals surface area (Å²) in [6.07, 6.45) is 0. The molecule has 0 saturated heterocycles. The SMILES string of the molecule is COCc1ccccc1CN[C@@H](C)c1ccc(C)cc1. The van der Waals surface area contributed by atoms with Crippen LogP contribution in [0, 0.1) is 6.92 Å². The van der Waals surface area contributed by atoms with Gasteiger partial charge in [-0.05, 0) is 30.5 Å². The van der Waals surface area contributed by atoms with Crippen molar-refractivity contribution >= 4 is 0 Å². The van der Waals surface area contributed by atoms with Crippen LogP contribution in [0.2, 0.25) is 0 Å². The van der Waals surface area contributed by atoms with Gasteiger partial charge in [0.25, 0.3) is 0 Å². The second kappa shape index (κ2) is 7.22. The zero-order valence-electron chi connectivity index (χ0n) is 12.5. The fourth-order valence-electron chi connectivity index (χ4n) is 2.26. The van der Waals surface area contributed by atoms with Crippen LogP contribution >= 0.6 is 0 Å². The quantitative estimate of drug-likeness (QED) is 0.856. The highest BCUT2D eigenvalue weighted by molar-refractivity contribution is 5.27. The van der Waals surface area contributed by atoms with E-state index in [1.807, 2.05) is 0 Å². The van der Waals surface area contributed by atoms with Gasteiger partial charge in [0.15, 0.2) is 0 Å². The molecule has 0 amide bonds. The zero-order valence-corrected chi connectivity index (χ0v) is 12.5. The van der Waals surface area contributed by atoms with Crippen LogP contribution in [0.5, 0.6) is 0 Å². The number of aryl methyl sites for hydroxylation is 1. The van der Waals surface area contributed by atoms with E-state index in [0.29, 0.717) is 12.6 Å². The third-order valence-corrected chi connectivity index (χ3v) is 3.59. The minimum atomic E-state index is 0.339. The van der Waals surface area contributed by atoms with E-state index in [1.54, 1.807) is 7.11 Å². The first-order valence-corrected chi connectivity index (χ1v) is 7.06. The molecule has 0 unspecified atom stereocenters. The van der Waals surface area contributed by atoms with E-state index in [1.165, 1.54) is 22.3 Å². The van der Waals surface area contributed by atoms with Crippen molar-refractivity contribution in [2.24, 2.45) is 0 Å². The monoisotopic (exact) mass is 269 g/mol. The minimum Gasteiger partial charge on any atom is -0.380 e. The summed E-state index contributed by atoms with van der Waals surface area (Å²) < 4.78 is 5.25. The normalized spacial score (nSPS) is 12.3. The van der Waals surface area contributed by atoms with Crippen molar-refractivity contribution in [2.45, 2.75) is 33.0 Å². The van der Waals surface area contributed by atoms with Gasteiger partial charge in [0.05, 0.1) is 6.61 Å². The Kier molecular flexibility index (Phi) is 5.33. The highest BCUT2D eigenvalue weighted by Gasteiger charge is 2.06. The van der Waals surface area contributed by atoms with Crippen LogP contribution in [0.1, 0.15) is 35.2 Å². The standard InChI is InChI=1S/C18H23NO/c1-14-8-10-16(11-9-14)15(2)19-12-17-6-4-5-7-18(17)13-20-3/h4-11,15,19H,12-13H2,1-3H3/t15-/m0/s1. The number of hydrogen-bond acceptors (Lipinski definition) is 2. The number of ether oxygens (including phenoxy) is 1. The summed E-state index contributed by atoms with van der Waals surface area (Å²) in [5, 5.41) is 3.58. The maximum atomic E-state index is 5.25. The van der Waals surface area contributed by atoms with Gasteiger partial charge in [0.2, 0.25) is 0 Å². The van der Waals surface area contributed by atoms with E-state index in [4.69, 9.17) is 4.74 Å². The fourth-order valence-corrected chi connectivity index (χ4v) is 2.26.